The molecule has 0 saturated heterocycles. The molecule has 4 aromatic rings. The first-order valence-corrected chi connectivity index (χ1v) is 11.0. The number of hydrogen-bond acceptors (Lipinski definition) is 4. The molecule has 0 fully saturated rings. The van der Waals surface area contributed by atoms with Gasteiger partial charge in [0.2, 0.25) is 0 Å². The van der Waals surface area contributed by atoms with Gasteiger partial charge in [-0.05, 0) is 60.9 Å². The summed E-state index contributed by atoms with van der Waals surface area (Å²) in [4.78, 5) is 17.1. The number of nitrogens with zero attached hydrogens (tertiary/aromatic N) is 2. The number of carbonyl (C=O) groups is 1. The number of halogens is 1. The Hall–Kier alpha value is -2.76. The molecular formula is C24H21ClN2O2S. The second-order valence-corrected chi connectivity index (χ2v) is 8.42. The number of benzene rings is 3. The van der Waals surface area contributed by atoms with Crippen LogP contribution in [0.1, 0.15) is 16.7 Å². The Labute approximate surface area is 184 Å². The number of hydrogen-bond donors (Lipinski definition) is 0. The maximum Gasteiger partial charge on any atom is 0.321 e. The SMILES string of the molecule is Cc1ccc(OC(=O)CSc2nc3ccccc3n2Cc2ccccc2Cl)cc1C. The topological polar surface area (TPSA) is 44.1 Å². The smallest absolute Gasteiger partial charge is 0.321 e. The first-order valence-electron chi connectivity index (χ1n) is 9.60. The van der Waals surface area contributed by atoms with Crippen LogP contribution in [0.3, 0.4) is 0 Å². The molecule has 1 heterocycles. The van der Waals surface area contributed by atoms with Gasteiger partial charge in [0, 0.05) is 5.02 Å². The van der Waals surface area contributed by atoms with Crippen LogP contribution < -0.4 is 4.74 Å². The van der Waals surface area contributed by atoms with Crippen molar-refractivity contribution >= 4 is 40.4 Å². The number of para-hydroxylation sites is 2. The minimum absolute atomic E-state index is 0.165. The van der Waals surface area contributed by atoms with Gasteiger partial charge in [-0.2, -0.15) is 0 Å². The van der Waals surface area contributed by atoms with Crippen LogP contribution in [-0.2, 0) is 11.3 Å². The summed E-state index contributed by atoms with van der Waals surface area (Å²) in [6.07, 6.45) is 0. The summed E-state index contributed by atoms with van der Waals surface area (Å²) in [5.41, 5.74) is 5.14. The number of esters is 1. The number of carbonyl (C=O) groups excluding carboxylic acids is 1. The van der Waals surface area contributed by atoms with Gasteiger partial charge in [-0.15, -0.1) is 0 Å². The number of imidazole rings is 1. The highest BCUT2D eigenvalue weighted by Crippen LogP contribution is 2.27. The van der Waals surface area contributed by atoms with E-state index in [0.29, 0.717) is 17.3 Å². The second-order valence-electron chi connectivity index (χ2n) is 7.07. The Morgan fingerprint density at radius 2 is 1.80 bits per heavy atom. The van der Waals surface area contributed by atoms with Crippen molar-refractivity contribution in [2.75, 3.05) is 5.75 Å². The Balaban J connectivity index is 1.54. The molecule has 6 heteroatoms. The van der Waals surface area contributed by atoms with Crippen LogP contribution in [0, 0.1) is 13.8 Å². The van der Waals surface area contributed by atoms with Crippen molar-refractivity contribution in [2.24, 2.45) is 0 Å². The summed E-state index contributed by atoms with van der Waals surface area (Å²) < 4.78 is 7.59. The molecule has 0 saturated carbocycles. The minimum Gasteiger partial charge on any atom is -0.426 e. The molecule has 0 amide bonds. The van der Waals surface area contributed by atoms with Gasteiger partial charge in [0.25, 0.3) is 0 Å². The fourth-order valence-electron chi connectivity index (χ4n) is 3.18. The molecule has 0 aliphatic carbocycles. The van der Waals surface area contributed by atoms with Crippen LogP contribution in [0.4, 0.5) is 0 Å². The molecule has 0 spiro atoms. The molecule has 0 bridgehead atoms. The zero-order chi connectivity index (χ0) is 21.1. The van der Waals surface area contributed by atoms with Crippen molar-refractivity contribution in [1.29, 1.82) is 0 Å². The molecule has 0 atom stereocenters. The molecule has 0 radical (unpaired) electrons. The number of rotatable bonds is 6. The van der Waals surface area contributed by atoms with Gasteiger partial charge in [-0.1, -0.05) is 59.8 Å². The van der Waals surface area contributed by atoms with E-state index in [4.69, 9.17) is 21.3 Å². The van der Waals surface area contributed by atoms with Crippen LogP contribution >= 0.6 is 23.4 Å². The van der Waals surface area contributed by atoms with E-state index in [1.165, 1.54) is 11.8 Å². The third kappa shape index (κ3) is 4.53. The largest absolute Gasteiger partial charge is 0.426 e. The number of thioether (sulfide) groups is 1. The van der Waals surface area contributed by atoms with E-state index in [1.807, 2.05) is 80.6 Å². The lowest BCUT2D eigenvalue weighted by molar-refractivity contribution is -0.131. The highest BCUT2D eigenvalue weighted by atomic mass is 35.5. The predicted octanol–water partition coefficient (Wildman–Crippen LogP) is 6.05. The van der Waals surface area contributed by atoms with Crippen molar-refractivity contribution in [2.45, 2.75) is 25.5 Å². The Kier molecular flexibility index (Phi) is 6.11. The van der Waals surface area contributed by atoms with Crippen LogP contribution in [0.25, 0.3) is 11.0 Å². The van der Waals surface area contributed by atoms with Crippen molar-refractivity contribution in [1.82, 2.24) is 9.55 Å². The normalized spacial score (nSPS) is 11.0. The van der Waals surface area contributed by atoms with E-state index in [2.05, 4.69) is 4.57 Å². The van der Waals surface area contributed by atoms with Crippen LogP contribution in [0.15, 0.2) is 71.9 Å². The zero-order valence-corrected chi connectivity index (χ0v) is 18.3. The standard InChI is InChI=1S/C24H21ClN2O2S/c1-16-11-12-19(13-17(16)2)29-23(28)15-30-24-26-21-9-5-6-10-22(21)27(24)14-18-7-3-4-8-20(18)25/h3-13H,14-15H2,1-2H3. The van der Waals surface area contributed by atoms with Gasteiger partial charge in [0.05, 0.1) is 23.3 Å². The summed E-state index contributed by atoms with van der Waals surface area (Å²) in [6.45, 7) is 4.60. The summed E-state index contributed by atoms with van der Waals surface area (Å²) in [6, 6.07) is 21.3. The van der Waals surface area contributed by atoms with Crippen LogP contribution in [0.5, 0.6) is 5.75 Å². The predicted molar refractivity (Wildman–Crippen MR) is 123 cm³/mol. The highest BCUT2D eigenvalue weighted by Gasteiger charge is 2.15. The zero-order valence-electron chi connectivity index (χ0n) is 16.8. The van der Waals surface area contributed by atoms with Gasteiger partial charge in [-0.25, -0.2) is 4.98 Å². The van der Waals surface area contributed by atoms with Crippen molar-refractivity contribution in [3.63, 3.8) is 0 Å². The lowest BCUT2D eigenvalue weighted by Crippen LogP contribution is -2.12. The Morgan fingerprint density at radius 3 is 2.60 bits per heavy atom. The summed E-state index contributed by atoms with van der Waals surface area (Å²) in [5, 5.41) is 1.47. The third-order valence-electron chi connectivity index (χ3n) is 4.94. The fourth-order valence-corrected chi connectivity index (χ4v) is 4.16. The van der Waals surface area contributed by atoms with Crippen molar-refractivity contribution in [3.05, 3.63) is 88.4 Å². The van der Waals surface area contributed by atoms with E-state index >= 15 is 0 Å². The number of aryl methyl sites for hydroxylation is 2. The van der Waals surface area contributed by atoms with E-state index in [9.17, 15) is 4.79 Å². The van der Waals surface area contributed by atoms with E-state index in [-0.39, 0.29) is 11.7 Å². The molecule has 4 rings (SSSR count). The Morgan fingerprint density at radius 1 is 1.03 bits per heavy atom. The molecule has 4 nitrogen and oxygen atoms in total. The summed E-state index contributed by atoms with van der Waals surface area (Å²) in [7, 11) is 0. The van der Waals surface area contributed by atoms with Gasteiger partial charge in [-0.3, -0.25) is 4.79 Å². The fraction of sp³-hybridized carbons (Fsp3) is 0.167. The van der Waals surface area contributed by atoms with E-state index in [0.717, 1.165) is 32.9 Å². The molecule has 0 unspecified atom stereocenters. The lowest BCUT2D eigenvalue weighted by Gasteiger charge is -2.11. The van der Waals surface area contributed by atoms with Gasteiger partial charge < -0.3 is 9.30 Å². The first kappa shape index (κ1) is 20.5. The minimum atomic E-state index is -0.306. The van der Waals surface area contributed by atoms with E-state index in [1.54, 1.807) is 0 Å². The number of aromatic nitrogens is 2. The maximum atomic E-state index is 12.4. The molecule has 1 aromatic heterocycles. The molecule has 0 aliphatic rings. The van der Waals surface area contributed by atoms with Crippen molar-refractivity contribution in [3.8, 4) is 5.75 Å². The summed E-state index contributed by atoms with van der Waals surface area (Å²) >= 11 is 7.74. The third-order valence-corrected chi connectivity index (χ3v) is 6.25. The number of ether oxygens (including phenoxy) is 1. The molecule has 30 heavy (non-hydrogen) atoms. The average Bonchev–Trinajstić information content (AvgIpc) is 3.08. The quantitative estimate of drug-likeness (QED) is 0.209. The molecule has 152 valence electrons. The average molecular weight is 437 g/mol. The summed E-state index contributed by atoms with van der Waals surface area (Å²) in [5.74, 6) is 0.423. The second kappa shape index (κ2) is 8.94. The number of fused-ring (bicyclic) bond motifs is 1. The maximum absolute atomic E-state index is 12.4. The van der Waals surface area contributed by atoms with Crippen LogP contribution in [-0.4, -0.2) is 21.3 Å². The Bertz CT molecular complexity index is 1220. The molecule has 0 N–H and O–H groups in total. The van der Waals surface area contributed by atoms with Crippen molar-refractivity contribution < 1.29 is 9.53 Å². The molecule has 3 aromatic carbocycles. The first-order chi connectivity index (χ1) is 14.5. The highest BCUT2D eigenvalue weighted by molar-refractivity contribution is 7.99. The van der Waals surface area contributed by atoms with Crippen LogP contribution in [0.2, 0.25) is 5.02 Å². The monoisotopic (exact) mass is 436 g/mol. The molecule has 0 aliphatic heterocycles. The van der Waals surface area contributed by atoms with Gasteiger partial charge in [0.1, 0.15) is 5.75 Å². The lowest BCUT2D eigenvalue weighted by atomic mass is 10.1. The van der Waals surface area contributed by atoms with Gasteiger partial charge >= 0.3 is 5.97 Å². The van der Waals surface area contributed by atoms with Gasteiger partial charge in [0.15, 0.2) is 5.16 Å². The molecular weight excluding hydrogens is 416 g/mol. The van der Waals surface area contributed by atoms with E-state index < -0.39 is 0 Å².